The number of hydrogen-bond acceptors (Lipinski definition) is 2. The number of nitrogens with one attached hydrogen (secondary N) is 1. The van der Waals surface area contributed by atoms with Crippen LogP contribution in [-0.2, 0) is 13.0 Å². The van der Waals surface area contributed by atoms with Gasteiger partial charge in [-0.3, -0.25) is 4.98 Å². The van der Waals surface area contributed by atoms with E-state index in [4.69, 9.17) is 0 Å². The molecule has 2 heteroatoms. The molecule has 0 spiro atoms. The average molecular weight is 260 g/mol. The first kappa shape index (κ1) is 11.6. The number of benzene rings is 2. The molecular weight excluding hydrogens is 244 g/mol. The Morgan fingerprint density at radius 3 is 3.00 bits per heavy atom. The molecule has 0 aliphatic carbocycles. The molecule has 0 saturated carbocycles. The Morgan fingerprint density at radius 2 is 2.00 bits per heavy atom. The second-order valence-corrected chi connectivity index (χ2v) is 5.28. The minimum absolute atomic E-state index is 0.984. The third-order valence-corrected chi connectivity index (χ3v) is 4.05. The lowest BCUT2D eigenvalue weighted by Crippen LogP contribution is -2.23. The largest absolute Gasteiger partial charge is 0.312 e. The van der Waals surface area contributed by atoms with Gasteiger partial charge in [0.15, 0.2) is 0 Å². The van der Waals surface area contributed by atoms with Gasteiger partial charge >= 0.3 is 0 Å². The Balaban J connectivity index is 1.90. The lowest BCUT2D eigenvalue weighted by molar-refractivity contribution is 0.645. The van der Waals surface area contributed by atoms with Crippen LogP contribution in [0.4, 0.5) is 0 Å². The molecule has 0 unspecified atom stereocenters. The average Bonchev–Trinajstić information content (AvgIpc) is 2.54. The lowest BCUT2D eigenvalue weighted by atomic mass is 9.91. The highest BCUT2D eigenvalue weighted by Crippen LogP contribution is 2.30. The van der Waals surface area contributed by atoms with E-state index in [1.54, 1.807) is 0 Å². The molecule has 0 atom stereocenters. The molecule has 4 rings (SSSR count). The van der Waals surface area contributed by atoms with Crippen molar-refractivity contribution in [2.24, 2.45) is 0 Å². The molecular formula is C18H16N2. The van der Waals surface area contributed by atoms with E-state index < -0.39 is 0 Å². The van der Waals surface area contributed by atoms with Crippen molar-refractivity contribution in [3.63, 3.8) is 0 Å². The van der Waals surface area contributed by atoms with Crippen LogP contribution in [0.15, 0.2) is 54.7 Å². The van der Waals surface area contributed by atoms with Crippen LogP contribution >= 0.6 is 0 Å². The molecule has 0 amide bonds. The summed E-state index contributed by atoms with van der Waals surface area (Å²) < 4.78 is 0. The second-order valence-electron chi connectivity index (χ2n) is 5.28. The third kappa shape index (κ3) is 1.89. The predicted molar refractivity (Wildman–Crippen MR) is 82.6 cm³/mol. The predicted octanol–water partition coefficient (Wildman–Crippen LogP) is 3.55. The molecule has 2 heterocycles. The minimum Gasteiger partial charge on any atom is -0.312 e. The Bertz CT molecular complexity index is 777. The summed E-state index contributed by atoms with van der Waals surface area (Å²) in [5, 5.41) is 4.64. The van der Waals surface area contributed by atoms with Crippen molar-refractivity contribution in [3.8, 4) is 11.1 Å². The maximum atomic E-state index is 4.39. The number of pyridine rings is 1. The molecule has 0 radical (unpaired) electrons. The molecule has 1 aliphatic rings. The van der Waals surface area contributed by atoms with Gasteiger partial charge in [-0.25, -0.2) is 0 Å². The van der Waals surface area contributed by atoms with Crippen molar-refractivity contribution in [2.45, 2.75) is 13.0 Å². The highest BCUT2D eigenvalue weighted by atomic mass is 14.9. The van der Waals surface area contributed by atoms with E-state index in [-0.39, 0.29) is 0 Å². The van der Waals surface area contributed by atoms with Gasteiger partial charge in [-0.05, 0) is 53.4 Å². The van der Waals surface area contributed by atoms with Crippen molar-refractivity contribution in [3.05, 3.63) is 65.9 Å². The monoisotopic (exact) mass is 260 g/mol. The van der Waals surface area contributed by atoms with Gasteiger partial charge < -0.3 is 5.32 Å². The molecule has 2 aromatic carbocycles. The summed E-state index contributed by atoms with van der Waals surface area (Å²) in [6, 6.07) is 17.3. The number of rotatable bonds is 1. The van der Waals surface area contributed by atoms with E-state index in [1.807, 2.05) is 12.3 Å². The van der Waals surface area contributed by atoms with Crippen LogP contribution in [0.2, 0.25) is 0 Å². The first-order valence-electron chi connectivity index (χ1n) is 7.08. The standard InChI is InChI=1S/C18H16N2/c1-3-15-12-19-10-8-17(15)16(5-1)13-6-7-18-14(11-13)4-2-9-20-18/h1-7,9,11,19H,8,10,12H2. The molecule has 20 heavy (non-hydrogen) atoms. The lowest BCUT2D eigenvalue weighted by Gasteiger charge is -2.20. The smallest absolute Gasteiger partial charge is 0.0702 e. The number of hydrogen-bond donors (Lipinski definition) is 1. The van der Waals surface area contributed by atoms with Crippen molar-refractivity contribution in [1.29, 1.82) is 0 Å². The maximum absolute atomic E-state index is 4.39. The second kappa shape index (κ2) is 4.73. The number of aromatic nitrogens is 1. The van der Waals surface area contributed by atoms with Crippen molar-refractivity contribution < 1.29 is 0 Å². The topological polar surface area (TPSA) is 24.9 Å². The third-order valence-electron chi connectivity index (χ3n) is 4.05. The van der Waals surface area contributed by atoms with Gasteiger partial charge in [0, 0.05) is 18.1 Å². The summed E-state index contributed by atoms with van der Waals surface area (Å²) in [5.41, 5.74) is 6.65. The maximum Gasteiger partial charge on any atom is 0.0702 e. The van der Waals surface area contributed by atoms with E-state index in [2.05, 4.69) is 52.8 Å². The Labute approximate surface area is 118 Å². The zero-order valence-corrected chi connectivity index (χ0v) is 11.3. The molecule has 1 aromatic heterocycles. The molecule has 98 valence electrons. The van der Waals surface area contributed by atoms with E-state index in [9.17, 15) is 0 Å². The minimum atomic E-state index is 0.984. The van der Waals surface area contributed by atoms with E-state index >= 15 is 0 Å². The summed E-state index contributed by atoms with van der Waals surface area (Å²) in [5.74, 6) is 0. The zero-order valence-electron chi connectivity index (χ0n) is 11.3. The number of nitrogens with zero attached hydrogens (tertiary/aromatic N) is 1. The van der Waals surface area contributed by atoms with Crippen LogP contribution in [0.3, 0.4) is 0 Å². The van der Waals surface area contributed by atoms with E-state index in [1.165, 1.54) is 27.6 Å². The first-order chi connectivity index (χ1) is 9.92. The SMILES string of the molecule is c1cc2c(c(-c3ccc4ncccc4c3)c1)CCNC2. The van der Waals surface area contributed by atoms with Crippen LogP contribution in [-0.4, -0.2) is 11.5 Å². The van der Waals surface area contributed by atoms with Crippen LogP contribution < -0.4 is 5.32 Å². The number of fused-ring (bicyclic) bond motifs is 2. The van der Waals surface area contributed by atoms with E-state index in [0.717, 1.165) is 25.0 Å². The van der Waals surface area contributed by atoms with Crippen molar-refractivity contribution in [1.82, 2.24) is 10.3 Å². The molecule has 1 N–H and O–H groups in total. The van der Waals surface area contributed by atoms with E-state index in [0.29, 0.717) is 0 Å². The molecule has 2 nitrogen and oxygen atoms in total. The molecule has 0 saturated heterocycles. The normalized spacial score (nSPS) is 14.2. The Kier molecular flexibility index (Phi) is 2.75. The van der Waals surface area contributed by atoms with Gasteiger partial charge in [0.1, 0.15) is 0 Å². The molecule has 1 aliphatic heterocycles. The van der Waals surface area contributed by atoms with Crippen LogP contribution in [0.5, 0.6) is 0 Å². The summed E-state index contributed by atoms with van der Waals surface area (Å²) in [6.07, 6.45) is 2.95. The van der Waals surface area contributed by atoms with Gasteiger partial charge in [-0.15, -0.1) is 0 Å². The fourth-order valence-corrected chi connectivity index (χ4v) is 3.05. The fourth-order valence-electron chi connectivity index (χ4n) is 3.05. The Morgan fingerprint density at radius 1 is 1.00 bits per heavy atom. The fraction of sp³-hybridized carbons (Fsp3) is 0.167. The summed E-state index contributed by atoms with van der Waals surface area (Å²) in [7, 11) is 0. The summed E-state index contributed by atoms with van der Waals surface area (Å²) in [4.78, 5) is 4.39. The van der Waals surface area contributed by atoms with Crippen LogP contribution in [0, 0.1) is 0 Å². The molecule has 0 fully saturated rings. The quantitative estimate of drug-likeness (QED) is 0.724. The summed E-state index contributed by atoms with van der Waals surface area (Å²) >= 11 is 0. The van der Waals surface area contributed by atoms with Crippen molar-refractivity contribution >= 4 is 10.9 Å². The summed E-state index contributed by atoms with van der Waals surface area (Å²) in [6.45, 7) is 2.05. The highest BCUT2D eigenvalue weighted by molar-refractivity contribution is 5.85. The van der Waals surface area contributed by atoms with Gasteiger partial charge in [0.05, 0.1) is 5.52 Å². The zero-order chi connectivity index (χ0) is 13.4. The Hall–Kier alpha value is -2.19. The van der Waals surface area contributed by atoms with Crippen LogP contribution in [0.25, 0.3) is 22.0 Å². The molecule has 0 bridgehead atoms. The highest BCUT2D eigenvalue weighted by Gasteiger charge is 2.13. The van der Waals surface area contributed by atoms with Gasteiger partial charge in [0.2, 0.25) is 0 Å². The van der Waals surface area contributed by atoms with Gasteiger partial charge in [-0.2, -0.15) is 0 Å². The first-order valence-corrected chi connectivity index (χ1v) is 7.08. The van der Waals surface area contributed by atoms with Gasteiger partial charge in [0.25, 0.3) is 0 Å². The molecule has 3 aromatic rings. The van der Waals surface area contributed by atoms with Crippen molar-refractivity contribution in [2.75, 3.05) is 6.54 Å². The van der Waals surface area contributed by atoms with Gasteiger partial charge in [-0.1, -0.05) is 30.3 Å². The van der Waals surface area contributed by atoms with Crippen LogP contribution in [0.1, 0.15) is 11.1 Å².